The number of nitrogens with zero attached hydrogens (tertiary/aromatic N) is 3. The fraction of sp³-hybridized carbons (Fsp3) is 0.222. The summed E-state index contributed by atoms with van der Waals surface area (Å²) in [7, 11) is 2.16. The molecule has 184 valence electrons. The molecule has 5 rings (SSSR count). The van der Waals surface area contributed by atoms with Crippen molar-refractivity contribution in [3.63, 3.8) is 0 Å². The molecule has 2 aromatic heterocycles. The number of anilines is 3. The third kappa shape index (κ3) is 5.51. The summed E-state index contributed by atoms with van der Waals surface area (Å²) in [6, 6.07) is 15.1. The molecule has 0 spiro atoms. The second-order valence-electron chi connectivity index (χ2n) is 8.75. The quantitative estimate of drug-likeness (QED) is 0.261. The minimum absolute atomic E-state index is 0.290. The van der Waals surface area contributed by atoms with Crippen LogP contribution in [0.25, 0.3) is 10.2 Å². The first kappa shape index (κ1) is 24.2. The fourth-order valence-corrected chi connectivity index (χ4v) is 5.38. The Balaban J connectivity index is 1.37. The summed E-state index contributed by atoms with van der Waals surface area (Å²) in [6.07, 6.45) is 3.44. The highest BCUT2D eigenvalue weighted by molar-refractivity contribution is 7.17. The molecule has 2 aromatic carbocycles. The Hall–Kier alpha value is -3.46. The maximum absolute atomic E-state index is 11.6. The Morgan fingerprint density at radius 1 is 1.17 bits per heavy atom. The first-order valence-corrected chi connectivity index (χ1v) is 13.0. The van der Waals surface area contributed by atoms with Crippen molar-refractivity contribution in [1.82, 2.24) is 14.9 Å². The molecule has 36 heavy (non-hydrogen) atoms. The van der Waals surface area contributed by atoms with Gasteiger partial charge < -0.3 is 20.3 Å². The van der Waals surface area contributed by atoms with E-state index >= 15 is 0 Å². The second-order valence-corrected chi connectivity index (χ2v) is 10.1. The Morgan fingerprint density at radius 3 is 2.78 bits per heavy atom. The molecule has 0 aliphatic carbocycles. The van der Waals surface area contributed by atoms with Gasteiger partial charge in [0.15, 0.2) is 0 Å². The Labute approximate surface area is 218 Å². The number of hydrogen-bond acceptors (Lipinski definition) is 7. The standard InChI is InChI=1S/C27H26ClN5O2S/c1-3-24(34)29-18-5-4-6-20(15-18)35-26-25-23(11-14-36-25)31-27(32-26)30-19-7-8-21(22(28)16-19)17-9-12-33(2)13-10-17/h3-8,11,14-17H,1,9-10,12-13H2,2H3,(H,29,34)(H,30,31,32). The van der Waals surface area contributed by atoms with Crippen molar-refractivity contribution in [2.24, 2.45) is 0 Å². The number of thiophene rings is 1. The lowest BCUT2D eigenvalue weighted by Gasteiger charge is -2.29. The van der Waals surface area contributed by atoms with Gasteiger partial charge in [-0.25, -0.2) is 4.98 Å². The molecule has 1 aliphatic heterocycles. The molecule has 1 fully saturated rings. The summed E-state index contributed by atoms with van der Waals surface area (Å²) >= 11 is 8.19. The number of fused-ring (bicyclic) bond motifs is 1. The summed E-state index contributed by atoms with van der Waals surface area (Å²) < 4.78 is 6.96. The number of halogens is 1. The minimum atomic E-state index is -0.290. The van der Waals surface area contributed by atoms with Crippen molar-refractivity contribution in [1.29, 1.82) is 0 Å². The van der Waals surface area contributed by atoms with Gasteiger partial charge in [0.1, 0.15) is 10.4 Å². The van der Waals surface area contributed by atoms with Gasteiger partial charge in [0.2, 0.25) is 17.7 Å². The van der Waals surface area contributed by atoms with Crippen LogP contribution in [-0.2, 0) is 4.79 Å². The first-order chi connectivity index (χ1) is 17.5. The molecule has 0 radical (unpaired) electrons. The molecule has 9 heteroatoms. The summed E-state index contributed by atoms with van der Waals surface area (Å²) in [6.45, 7) is 5.65. The van der Waals surface area contributed by atoms with Gasteiger partial charge in [-0.1, -0.05) is 30.3 Å². The topological polar surface area (TPSA) is 79.4 Å². The highest BCUT2D eigenvalue weighted by Gasteiger charge is 2.21. The third-order valence-corrected chi connectivity index (χ3v) is 7.41. The van der Waals surface area contributed by atoms with E-state index in [1.165, 1.54) is 23.0 Å². The lowest BCUT2D eigenvalue weighted by Crippen LogP contribution is -2.29. The first-order valence-electron chi connectivity index (χ1n) is 11.7. The number of ether oxygens (including phenoxy) is 1. The molecule has 2 N–H and O–H groups in total. The highest BCUT2D eigenvalue weighted by atomic mass is 35.5. The van der Waals surface area contributed by atoms with Gasteiger partial charge in [-0.15, -0.1) is 11.3 Å². The molecular formula is C27H26ClN5O2S. The third-order valence-electron chi connectivity index (χ3n) is 6.19. The Kier molecular flexibility index (Phi) is 7.18. The molecule has 1 amide bonds. The van der Waals surface area contributed by atoms with Crippen molar-refractivity contribution in [3.8, 4) is 11.6 Å². The number of hydrogen-bond donors (Lipinski definition) is 2. The van der Waals surface area contributed by atoms with E-state index in [1.54, 1.807) is 24.3 Å². The summed E-state index contributed by atoms with van der Waals surface area (Å²) in [5, 5.41) is 8.71. The molecule has 0 bridgehead atoms. The lowest BCUT2D eigenvalue weighted by molar-refractivity contribution is -0.111. The largest absolute Gasteiger partial charge is 0.437 e. The zero-order valence-electron chi connectivity index (χ0n) is 19.8. The monoisotopic (exact) mass is 519 g/mol. The van der Waals surface area contributed by atoms with Crippen LogP contribution in [0.4, 0.5) is 17.3 Å². The van der Waals surface area contributed by atoms with Crippen molar-refractivity contribution in [3.05, 3.63) is 77.2 Å². The van der Waals surface area contributed by atoms with Crippen LogP contribution in [-0.4, -0.2) is 40.9 Å². The summed E-state index contributed by atoms with van der Waals surface area (Å²) in [5.41, 5.74) is 3.38. The van der Waals surface area contributed by atoms with Crippen LogP contribution in [0.15, 0.2) is 66.6 Å². The number of carbonyl (C=O) groups excluding carboxylic acids is 1. The van der Waals surface area contributed by atoms with Gasteiger partial charge in [0.25, 0.3) is 0 Å². The molecule has 4 aromatic rings. The number of nitrogens with one attached hydrogen (secondary N) is 2. The smallest absolute Gasteiger partial charge is 0.247 e. The fourth-order valence-electron chi connectivity index (χ4n) is 4.29. The zero-order valence-corrected chi connectivity index (χ0v) is 21.4. The van der Waals surface area contributed by atoms with Gasteiger partial charge >= 0.3 is 0 Å². The van der Waals surface area contributed by atoms with Crippen molar-refractivity contribution in [2.75, 3.05) is 30.8 Å². The second kappa shape index (κ2) is 10.7. The maximum atomic E-state index is 11.6. The summed E-state index contributed by atoms with van der Waals surface area (Å²) in [5.74, 6) is 1.57. The molecule has 3 heterocycles. The highest BCUT2D eigenvalue weighted by Crippen LogP contribution is 2.36. The van der Waals surface area contributed by atoms with E-state index in [-0.39, 0.29) is 5.91 Å². The number of likely N-dealkylation sites (tertiary alicyclic amines) is 1. The maximum Gasteiger partial charge on any atom is 0.247 e. The minimum Gasteiger partial charge on any atom is -0.437 e. The molecule has 0 saturated carbocycles. The van der Waals surface area contributed by atoms with Crippen molar-refractivity contribution < 1.29 is 9.53 Å². The molecule has 1 aliphatic rings. The van der Waals surface area contributed by atoms with E-state index < -0.39 is 0 Å². The number of aromatic nitrogens is 2. The molecule has 0 atom stereocenters. The van der Waals surface area contributed by atoms with E-state index in [1.807, 2.05) is 23.6 Å². The van der Waals surface area contributed by atoms with Gasteiger partial charge in [-0.2, -0.15) is 4.98 Å². The lowest BCUT2D eigenvalue weighted by atomic mass is 9.89. The predicted octanol–water partition coefficient (Wildman–Crippen LogP) is 6.81. The Bertz CT molecular complexity index is 1410. The van der Waals surface area contributed by atoms with E-state index in [2.05, 4.69) is 45.2 Å². The van der Waals surface area contributed by atoms with Crippen LogP contribution < -0.4 is 15.4 Å². The number of piperidine rings is 1. The van der Waals surface area contributed by atoms with E-state index in [9.17, 15) is 4.79 Å². The molecule has 0 unspecified atom stereocenters. The molecular weight excluding hydrogens is 494 g/mol. The average molecular weight is 520 g/mol. The predicted molar refractivity (Wildman–Crippen MR) is 147 cm³/mol. The van der Waals surface area contributed by atoms with Gasteiger partial charge in [0.05, 0.1) is 5.52 Å². The van der Waals surface area contributed by atoms with Gasteiger partial charge in [-0.05, 0) is 86.2 Å². The van der Waals surface area contributed by atoms with Crippen LogP contribution >= 0.6 is 22.9 Å². The number of rotatable bonds is 7. The van der Waals surface area contributed by atoms with Crippen LogP contribution in [0.1, 0.15) is 24.3 Å². The van der Waals surface area contributed by atoms with E-state index in [0.29, 0.717) is 29.2 Å². The SMILES string of the molecule is C=CC(=O)Nc1cccc(Oc2nc(Nc3ccc(C4CCN(C)CC4)c(Cl)c3)nc3ccsc23)c1. The normalized spacial score (nSPS) is 14.5. The van der Waals surface area contributed by atoms with Crippen LogP contribution in [0.5, 0.6) is 11.6 Å². The Morgan fingerprint density at radius 2 is 2.00 bits per heavy atom. The number of benzene rings is 2. The van der Waals surface area contributed by atoms with E-state index in [4.69, 9.17) is 16.3 Å². The van der Waals surface area contributed by atoms with Gasteiger partial charge in [0, 0.05) is 22.5 Å². The number of carbonyl (C=O) groups is 1. The molecule has 1 saturated heterocycles. The van der Waals surface area contributed by atoms with E-state index in [0.717, 1.165) is 46.9 Å². The average Bonchev–Trinajstić information content (AvgIpc) is 3.34. The van der Waals surface area contributed by atoms with Crippen molar-refractivity contribution in [2.45, 2.75) is 18.8 Å². The zero-order chi connectivity index (χ0) is 25.1. The summed E-state index contributed by atoms with van der Waals surface area (Å²) in [4.78, 5) is 23.3. The van der Waals surface area contributed by atoms with Crippen LogP contribution in [0.3, 0.4) is 0 Å². The number of amides is 1. The van der Waals surface area contributed by atoms with Crippen LogP contribution in [0.2, 0.25) is 5.02 Å². The van der Waals surface area contributed by atoms with Crippen LogP contribution in [0, 0.1) is 0 Å². The molecule has 7 nitrogen and oxygen atoms in total. The van der Waals surface area contributed by atoms with Crippen molar-refractivity contribution >= 4 is 56.4 Å². The van der Waals surface area contributed by atoms with Gasteiger partial charge in [-0.3, -0.25) is 4.79 Å².